The Morgan fingerprint density at radius 3 is 2.38 bits per heavy atom. The number of nitrogens with one attached hydrogen (secondary N) is 2. The average molecular weight is 807 g/mol. The van der Waals surface area contributed by atoms with E-state index in [1.165, 1.54) is 32.4 Å². The Morgan fingerprint density at radius 1 is 1.09 bits per heavy atom. The Balaban J connectivity index is 1.39. The average Bonchev–Trinajstić information content (AvgIpc) is 3.52. The molecule has 12 N–H and O–H groups in total. The van der Waals surface area contributed by atoms with Crippen LogP contribution in [0.1, 0.15) is 61.9 Å². The number of nitrogens with two attached hydrogens (primary N) is 2. The van der Waals surface area contributed by atoms with Gasteiger partial charge in [0, 0.05) is 73.1 Å². The number of hydrogen-bond acceptors (Lipinski definition) is 16. The number of benzene rings is 2. The lowest BCUT2D eigenvalue weighted by Gasteiger charge is -2.53. The van der Waals surface area contributed by atoms with Crippen molar-refractivity contribution in [1.82, 2.24) is 15.5 Å². The summed E-state index contributed by atoms with van der Waals surface area (Å²) in [6.45, 7) is 1.75. The predicted molar refractivity (Wildman–Crippen MR) is 203 cm³/mol. The highest BCUT2D eigenvalue weighted by molar-refractivity contribution is 6.31. The van der Waals surface area contributed by atoms with E-state index >= 15 is 0 Å². The first-order valence-corrected chi connectivity index (χ1v) is 18.3. The van der Waals surface area contributed by atoms with E-state index in [1.807, 2.05) is 0 Å². The molecule has 6 unspecified atom stereocenters. The van der Waals surface area contributed by atoms with Crippen molar-refractivity contribution in [3.63, 3.8) is 0 Å². The summed E-state index contributed by atoms with van der Waals surface area (Å²) in [6.07, 6.45) is -2.05. The maximum atomic E-state index is 14.5. The second kappa shape index (κ2) is 15.8. The monoisotopic (exact) mass is 806 g/mol. The van der Waals surface area contributed by atoms with Crippen LogP contribution < -0.4 is 31.6 Å². The van der Waals surface area contributed by atoms with Crippen LogP contribution in [-0.2, 0) is 27.3 Å². The first-order chi connectivity index (χ1) is 27.4. The van der Waals surface area contributed by atoms with Crippen molar-refractivity contribution in [3.05, 3.63) is 86.8 Å². The summed E-state index contributed by atoms with van der Waals surface area (Å²) in [4.78, 5) is 58.6. The second-order valence-electron chi connectivity index (χ2n) is 14.3. The molecule has 0 spiro atoms. The van der Waals surface area contributed by atoms with Gasteiger partial charge in [0.15, 0.2) is 11.7 Å². The lowest BCUT2D eigenvalue weighted by molar-refractivity contribution is -0.420. The van der Waals surface area contributed by atoms with Crippen molar-refractivity contribution in [3.8, 4) is 17.2 Å². The molecular weight excluding hydrogens is 760 g/mol. The number of carbonyl (C=O) groups is 4. The number of amides is 2. The van der Waals surface area contributed by atoms with Gasteiger partial charge in [0.1, 0.15) is 41.7 Å². The predicted octanol–water partition coefficient (Wildman–Crippen LogP) is -1.79. The maximum Gasteiger partial charge on any atom is 0.253 e. The molecule has 0 bridgehead atoms. The van der Waals surface area contributed by atoms with Crippen molar-refractivity contribution in [1.29, 1.82) is 0 Å². The summed E-state index contributed by atoms with van der Waals surface area (Å²) in [5.74, 6) is -7.62. The van der Waals surface area contributed by atoms with Gasteiger partial charge in [-0.05, 0) is 43.0 Å². The van der Waals surface area contributed by atoms with Gasteiger partial charge in [-0.15, -0.1) is 0 Å². The van der Waals surface area contributed by atoms with Gasteiger partial charge in [0.05, 0.1) is 24.1 Å². The van der Waals surface area contributed by atoms with Gasteiger partial charge >= 0.3 is 0 Å². The van der Waals surface area contributed by atoms with E-state index in [-0.39, 0.29) is 71.4 Å². The fourth-order valence-corrected chi connectivity index (χ4v) is 7.82. The zero-order chi connectivity index (χ0) is 42.4. The SMILES string of the molecule is CCc1c(OC)cc(OC2OC(O)(CO)C(O)(CC(CN3C(=O)C=CC3=O)C3=CCNC(N)=C3)C(O)C2O)c2c1C(=O)c1cc(C)c(CNC(N)=NC)c(O)c1C2=O. The fourth-order valence-electron chi connectivity index (χ4n) is 7.82. The lowest BCUT2D eigenvalue weighted by Crippen LogP contribution is -2.75. The van der Waals surface area contributed by atoms with Crippen molar-refractivity contribution < 1.29 is 64.0 Å². The van der Waals surface area contributed by atoms with E-state index < -0.39 is 83.7 Å². The third-order valence-electron chi connectivity index (χ3n) is 11.0. The molecule has 2 aromatic carbocycles. The number of imide groups is 1. The number of aryl methyl sites for hydroxylation is 1. The van der Waals surface area contributed by atoms with Gasteiger partial charge < -0.3 is 67.0 Å². The van der Waals surface area contributed by atoms with Crippen molar-refractivity contribution >= 4 is 29.3 Å². The standard InChI is InChI=1S/C39H46N6O13/c1-5-20-23(56-4)12-24(30-28(20)31(49)21-10-17(2)22(14-44-37(41)42-3)32(50)29(21)33(30)51)57-36-34(52)35(53)38(54,39(55,16-46)58-36)13-19(18-8-9-43-25(40)11-18)15-45-26(47)6-7-27(45)48/h6-8,10-12,19,34-36,43,46,50,52-55H,5,9,13-16,40H2,1-4H3,(H3,41,42,44). The maximum absolute atomic E-state index is 14.5. The molecule has 2 aromatic rings. The van der Waals surface area contributed by atoms with Crippen molar-refractivity contribution in [2.24, 2.45) is 22.4 Å². The van der Waals surface area contributed by atoms with E-state index in [0.29, 0.717) is 16.7 Å². The molecule has 0 saturated carbocycles. The summed E-state index contributed by atoms with van der Waals surface area (Å²) in [5, 5.41) is 74.9. The molecule has 0 aromatic heterocycles. The molecule has 0 radical (unpaired) electrons. The van der Waals surface area contributed by atoms with Gasteiger partial charge in [-0.1, -0.05) is 13.0 Å². The minimum atomic E-state index is -3.12. The number of aromatic hydroxyl groups is 1. The van der Waals surface area contributed by atoms with Gasteiger partial charge in [-0.3, -0.25) is 29.1 Å². The number of hydrogen-bond donors (Lipinski definition) is 10. The Kier molecular flexibility index (Phi) is 11.4. The molecule has 3 aliphatic heterocycles. The number of ether oxygens (including phenoxy) is 3. The molecule has 310 valence electrons. The number of aliphatic hydroxyl groups is 5. The van der Waals surface area contributed by atoms with Gasteiger partial charge in [0.2, 0.25) is 17.9 Å². The minimum absolute atomic E-state index is 0.0529. The largest absolute Gasteiger partial charge is 0.507 e. The number of phenolic OH excluding ortho intramolecular Hbond substituents is 1. The van der Waals surface area contributed by atoms with Crippen LogP contribution in [0, 0.1) is 12.8 Å². The zero-order valence-corrected chi connectivity index (χ0v) is 32.1. The number of nitrogens with zero attached hydrogens (tertiary/aromatic N) is 2. The molecule has 19 nitrogen and oxygen atoms in total. The molecule has 6 atom stereocenters. The van der Waals surface area contributed by atoms with Crippen molar-refractivity contribution in [2.45, 2.75) is 63.1 Å². The molecule has 1 saturated heterocycles. The van der Waals surface area contributed by atoms with E-state index in [2.05, 4.69) is 15.6 Å². The number of phenols is 1. The zero-order valence-electron chi connectivity index (χ0n) is 32.1. The van der Waals surface area contributed by atoms with Crippen LogP contribution in [0.5, 0.6) is 17.2 Å². The fraction of sp³-hybridized carbons (Fsp3) is 0.410. The number of ketones is 2. The molecule has 2 amide bonds. The first kappa shape index (κ1) is 41.8. The first-order valence-electron chi connectivity index (χ1n) is 18.3. The molecule has 6 rings (SSSR count). The van der Waals surface area contributed by atoms with Crippen LogP contribution in [0.25, 0.3) is 0 Å². The van der Waals surface area contributed by atoms with Gasteiger partial charge in [-0.2, -0.15) is 0 Å². The van der Waals surface area contributed by atoms with Crippen LogP contribution in [0.2, 0.25) is 0 Å². The number of rotatable bonds is 12. The highest BCUT2D eigenvalue weighted by atomic mass is 16.8. The summed E-state index contributed by atoms with van der Waals surface area (Å²) in [7, 11) is 2.76. The quantitative estimate of drug-likeness (QED) is 0.0549. The summed E-state index contributed by atoms with van der Waals surface area (Å²) in [5.41, 5.74) is 9.30. The number of aliphatic hydroxyl groups excluding tert-OH is 3. The van der Waals surface area contributed by atoms with Crippen LogP contribution in [-0.4, -0.2) is 129 Å². The second-order valence-corrected chi connectivity index (χ2v) is 14.3. The number of aliphatic imine (C=N–C) groups is 1. The van der Waals surface area contributed by atoms with E-state index in [0.717, 1.165) is 17.1 Å². The highest BCUT2D eigenvalue weighted by Gasteiger charge is 2.65. The van der Waals surface area contributed by atoms with Crippen molar-refractivity contribution in [2.75, 3.05) is 33.9 Å². The molecular formula is C39H46N6O13. The number of carbonyl (C=O) groups excluding carboxylic acids is 4. The molecule has 58 heavy (non-hydrogen) atoms. The summed E-state index contributed by atoms with van der Waals surface area (Å²) < 4.78 is 17.3. The normalized spacial score (nSPS) is 26.1. The third kappa shape index (κ3) is 6.94. The summed E-state index contributed by atoms with van der Waals surface area (Å²) >= 11 is 0. The van der Waals surface area contributed by atoms with Crippen LogP contribution >= 0.6 is 0 Å². The Morgan fingerprint density at radius 2 is 1.78 bits per heavy atom. The molecule has 1 aliphatic carbocycles. The Bertz CT molecular complexity index is 2180. The van der Waals surface area contributed by atoms with E-state index in [4.69, 9.17) is 25.7 Å². The lowest BCUT2D eigenvalue weighted by atomic mass is 9.73. The van der Waals surface area contributed by atoms with Gasteiger partial charge in [0.25, 0.3) is 11.8 Å². The van der Waals surface area contributed by atoms with Crippen LogP contribution in [0.4, 0.5) is 0 Å². The smallest absolute Gasteiger partial charge is 0.253 e. The highest BCUT2D eigenvalue weighted by Crippen LogP contribution is 2.47. The summed E-state index contributed by atoms with van der Waals surface area (Å²) in [6, 6.07) is 2.69. The number of guanidine groups is 1. The minimum Gasteiger partial charge on any atom is -0.507 e. The van der Waals surface area contributed by atoms with E-state index in [9.17, 15) is 49.8 Å². The number of fused-ring (bicyclic) bond motifs is 2. The van der Waals surface area contributed by atoms with Crippen LogP contribution in [0.15, 0.2) is 52.8 Å². The van der Waals surface area contributed by atoms with Crippen LogP contribution in [0.3, 0.4) is 0 Å². The number of allylic oxidation sites excluding steroid dienone is 1. The number of dihydropyridines is 1. The number of methoxy groups -OCH3 is 1. The third-order valence-corrected chi connectivity index (χ3v) is 11.0. The molecule has 19 heteroatoms. The van der Waals surface area contributed by atoms with Gasteiger partial charge in [-0.25, -0.2) is 0 Å². The Labute approximate surface area is 331 Å². The molecule has 1 fully saturated rings. The molecule has 4 aliphatic rings. The topological polar surface area (TPSA) is 309 Å². The molecule has 3 heterocycles. The van der Waals surface area contributed by atoms with E-state index in [1.54, 1.807) is 19.9 Å². The Hall–Kier alpha value is -5.83.